The SMILES string of the molecule is N#CCCCN1CCCCCC1c1ccco1. The van der Waals surface area contributed by atoms with Crippen LogP contribution in [0.15, 0.2) is 22.8 Å². The Bertz CT molecular complexity index is 353. The fraction of sp³-hybridized carbons (Fsp3) is 0.643. The van der Waals surface area contributed by atoms with E-state index >= 15 is 0 Å². The maximum Gasteiger partial charge on any atom is 0.120 e. The van der Waals surface area contributed by atoms with Crippen LogP contribution in [0.3, 0.4) is 0 Å². The van der Waals surface area contributed by atoms with Gasteiger partial charge in [-0.15, -0.1) is 0 Å². The van der Waals surface area contributed by atoms with E-state index in [4.69, 9.17) is 9.68 Å². The molecule has 2 heterocycles. The highest BCUT2D eigenvalue weighted by Crippen LogP contribution is 2.30. The lowest BCUT2D eigenvalue weighted by Crippen LogP contribution is -2.29. The van der Waals surface area contributed by atoms with Gasteiger partial charge in [-0.3, -0.25) is 4.90 Å². The highest BCUT2D eigenvalue weighted by Gasteiger charge is 2.23. The molecule has 0 aliphatic carbocycles. The lowest BCUT2D eigenvalue weighted by Gasteiger charge is -2.28. The molecule has 1 aliphatic rings. The molecule has 3 heteroatoms. The summed E-state index contributed by atoms with van der Waals surface area (Å²) in [5, 5.41) is 8.61. The maximum atomic E-state index is 8.61. The van der Waals surface area contributed by atoms with E-state index < -0.39 is 0 Å². The van der Waals surface area contributed by atoms with Gasteiger partial charge in [-0.2, -0.15) is 5.26 Å². The van der Waals surface area contributed by atoms with Gasteiger partial charge in [-0.05, 0) is 44.5 Å². The second-order valence-electron chi connectivity index (χ2n) is 4.68. The van der Waals surface area contributed by atoms with Crippen molar-refractivity contribution >= 4 is 0 Å². The van der Waals surface area contributed by atoms with Crippen molar-refractivity contribution in [3.63, 3.8) is 0 Å². The lowest BCUT2D eigenvalue weighted by atomic mass is 10.1. The Hall–Kier alpha value is -1.27. The number of nitrogens with zero attached hydrogens (tertiary/aromatic N) is 2. The Kier molecular flexibility index (Phi) is 4.63. The summed E-state index contributed by atoms with van der Waals surface area (Å²) in [5.41, 5.74) is 0. The predicted octanol–water partition coefficient (Wildman–Crippen LogP) is 3.50. The molecule has 1 atom stereocenters. The van der Waals surface area contributed by atoms with Gasteiger partial charge in [-0.25, -0.2) is 0 Å². The molecule has 17 heavy (non-hydrogen) atoms. The Morgan fingerprint density at radius 2 is 2.35 bits per heavy atom. The first-order chi connectivity index (χ1) is 8.42. The van der Waals surface area contributed by atoms with Gasteiger partial charge in [-0.1, -0.05) is 12.8 Å². The van der Waals surface area contributed by atoms with Crippen LogP contribution in [0, 0.1) is 11.3 Å². The van der Waals surface area contributed by atoms with Gasteiger partial charge in [0, 0.05) is 6.42 Å². The normalized spacial score (nSPS) is 21.9. The molecule has 0 bridgehead atoms. The van der Waals surface area contributed by atoms with Crippen LogP contribution in [-0.2, 0) is 0 Å². The number of nitriles is 1. The summed E-state index contributed by atoms with van der Waals surface area (Å²) in [6, 6.07) is 6.69. The highest BCUT2D eigenvalue weighted by molar-refractivity contribution is 5.05. The van der Waals surface area contributed by atoms with Crippen molar-refractivity contribution in [1.82, 2.24) is 4.90 Å². The molecule has 0 amide bonds. The summed E-state index contributed by atoms with van der Waals surface area (Å²) >= 11 is 0. The number of hydrogen-bond donors (Lipinski definition) is 0. The first-order valence-electron chi connectivity index (χ1n) is 6.56. The van der Waals surface area contributed by atoms with E-state index in [1.54, 1.807) is 6.26 Å². The average Bonchev–Trinajstić information content (AvgIpc) is 2.77. The van der Waals surface area contributed by atoms with Gasteiger partial charge in [0.25, 0.3) is 0 Å². The van der Waals surface area contributed by atoms with Crippen molar-refractivity contribution in [3.8, 4) is 6.07 Å². The van der Waals surface area contributed by atoms with Gasteiger partial charge in [0.1, 0.15) is 5.76 Å². The number of furan rings is 1. The number of hydrogen-bond acceptors (Lipinski definition) is 3. The molecule has 0 saturated carbocycles. The molecule has 1 unspecified atom stereocenters. The summed E-state index contributed by atoms with van der Waals surface area (Å²) in [6.07, 6.45) is 8.42. The Balaban J connectivity index is 2.00. The molecule has 0 spiro atoms. The minimum atomic E-state index is 0.422. The van der Waals surface area contributed by atoms with E-state index in [0.717, 1.165) is 25.3 Å². The molecule has 1 aromatic heterocycles. The summed E-state index contributed by atoms with van der Waals surface area (Å²) in [6.45, 7) is 2.15. The standard InChI is InChI=1S/C14H20N2O/c15-9-3-5-11-16-10-4-1-2-7-13(16)14-8-6-12-17-14/h6,8,12-13H,1-5,7,10-11H2. The Morgan fingerprint density at radius 3 is 3.12 bits per heavy atom. The third-order valence-electron chi connectivity index (χ3n) is 3.47. The summed E-state index contributed by atoms with van der Waals surface area (Å²) in [7, 11) is 0. The summed E-state index contributed by atoms with van der Waals surface area (Å²) in [4.78, 5) is 2.49. The monoisotopic (exact) mass is 232 g/mol. The molecule has 3 nitrogen and oxygen atoms in total. The quantitative estimate of drug-likeness (QED) is 0.746. The van der Waals surface area contributed by atoms with Gasteiger partial charge in [0.15, 0.2) is 0 Å². The van der Waals surface area contributed by atoms with Crippen LogP contribution in [0.4, 0.5) is 0 Å². The third-order valence-corrected chi connectivity index (χ3v) is 3.47. The first-order valence-corrected chi connectivity index (χ1v) is 6.56. The number of unbranched alkanes of at least 4 members (excludes halogenated alkanes) is 1. The van der Waals surface area contributed by atoms with Crippen LogP contribution >= 0.6 is 0 Å². The molecule has 1 saturated heterocycles. The van der Waals surface area contributed by atoms with Gasteiger partial charge >= 0.3 is 0 Å². The van der Waals surface area contributed by atoms with E-state index in [-0.39, 0.29) is 0 Å². The van der Waals surface area contributed by atoms with Crippen LogP contribution in [0.25, 0.3) is 0 Å². The molecule has 1 fully saturated rings. The van der Waals surface area contributed by atoms with Crippen LogP contribution in [0.1, 0.15) is 50.3 Å². The molecule has 0 radical (unpaired) electrons. The predicted molar refractivity (Wildman–Crippen MR) is 66.3 cm³/mol. The highest BCUT2D eigenvalue weighted by atomic mass is 16.3. The minimum Gasteiger partial charge on any atom is -0.468 e. The maximum absolute atomic E-state index is 8.61. The molecule has 92 valence electrons. The molecule has 0 aromatic carbocycles. The zero-order chi connectivity index (χ0) is 11.9. The van der Waals surface area contributed by atoms with E-state index in [1.165, 1.54) is 25.7 Å². The first kappa shape index (κ1) is 12.2. The van der Waals surface area contributed by atoms with Crippen molar-refractivity contribution < 1.29 is 4.42 Å². The van der Waals surface area contributed by atoms with E-state index in [9.17, 15) is 0 Å². The lowest BCUT2D eigenvalue weighted by molar-refractivity contribution is 0.176. The van der Waals surface area contributed by atoms with Gasteiger partial charge in [0.05, 0.1) is 18.4 Å². The van der Waals surface area contributed by atoms with E-state index in [1.807, 2.05) is 6.07 Å². The number of rotatable bonds is 4. The van der Waals surface area contributed by atoms with Gasteiger partial charge in [0.2, 0.25) is 0 Å². The molecule has 0 N–H and O–H groups in total. The second-order valence-corrected chi connectivity index (χ2v) is 4.68. The van der Waals surface area contributed by atoms with E-state index in [0.29, 0.717) is 12.5 Å². The average molecular weight is 232 g/mol. The van der Waals surface area contributed by atoms with E-state index in [2.05, 4.69) is 17.0 Å². The Morgan fingerprint density at radius 1 is 1.41 bits per heavy atom. The summed E-state index contributed by atoms with van der Waals surface area (Å²) < 4.78 is 5.56. The van der Waals surface area contributed by atoms with Crippen molar-refractivity contribution in [2.24, 2.45) is 0 Å². The van der Waals surface area contributed by atoms with Gasteiger partial charge < -0.3 is 4.42 Å². The van der Waals surface area contributed by atoms with Crippen molar-refractivity contribution in [3.05, 3.63) is 24.2 Å². The van der Waals surface area contributed by atoms with Crippen LogP contribution < -0.4 is 0 Å². The fourth-order valence-corrected chi connectivity index (χ4v) is 2.60. The van der Waals surface area contributed by atoms with Crippen LogP contribution in [0.2, 0.25) is 0 Å². The fourth-order valence-electron chi connectivity index (χ4n) is 2.60. The molecule has 1 aliphatic heterocycles. The number of likely N-dealkylation sites (tertiary alicyclic amines) is 1. The minimum absolute atomic E-state index is 0.422. The molecular weight excluding hydrogens is 212 g/mol. The Labute approximate surface area is 103 Å². The topological polar surface area (TPSA) is 40.2 Å². The molecular formula is C14H20N2O. The largest absolute Gasteiger partial charge is 0.468 e. The summed E-state index contributed by atoms with van der Waals surface area (Å²) in [5.74, 6) is 1.09. The van der Waals surface area contributed by atoms with Crippen molar-refractivity contribution in [1.29, 1.82) is 5.26 Å². The molecule has 2 rings (SSSR count). The molecule has 1 aromatic rings. The van der Waals surface area contributed by atoms with Crippen molar-refractivity contribution in [2.75, 3.05) is 13.1 Å². The zero-order valence-electron chi connectivity index (χ0n) is 10.3. The second kappa shape index (κ2) is 6.46. The van der Waals surface area contributed by atoms with Crippen molar-refractivity contribution in [2.45, 2.75) is 44.6 Å². The third kappa shape index (κ3) is 3.34. The van der Waals surface area contributed by atoms with Crippen LogP contribution in [-0.4, -0.2) is 18.0 Å². The smallest absolute Gasteiger partial charge is 0.120 e. The zero-order valence-corrected chi connectivity index (χ0v) is 10.3. The van der Waals surface area contributed by atoms with Crippen LogP contribution in [0.5, 0.6) is 0 Å².